The molecular weight excluding hydrogens is 301 g/mol. The van der Waals surface area contributed by atoms with Crippen LogP contribution in [0.3, 0.4) is 0 Å². The Hall–Kier alpha value is -0.920. The highest BCUT2D eigenvalue weighted by molar-refractivity contribution is 7.90. The topological polar surface area (TPSA) is 89.0 Å². The molecule has 0 aliphatic heterocycles. The van der Waals surface area contributed by atoms with Crippen molar-refractivity contribution in [1.29, 1.82) is 0 Å². The quantitative estimate of drug-likeness (QED) is 0.894. The average Bonchev–Trinajstić information content (AvgIpc) is 2.18. The van der Waals surface area contributed by atoms with Gasteiger partial charge in [-0.2, -0.15) is 0 Å². The van der Waals surface area contributed by atoms with Crippen molar-refractivity contribution in [2.75, 3.05) is 12.0 Å². The molecule has 1 N–H and O–H groups in total. The maximum Gasteiger partial charge on any atom is 0.254 e. The summed E-state index contributed by atoms with van der Waals surface area (Å²) in [5, 5.41) is 9.38. The van der Waals surface area contributed by atoms with Crippen molar-refractivity contribution >= 4 is 38.9 Å². The van der Waals surface area contributed by atoms with Crippen LogP contribution in [0.1, 0.15) is 17.3 Å². The summed E-state index contributed by atoms with van der Waals surface area (Å²) in [6, 6.07) is 0.717. The fraction of sp³-hybridized carbons (Fsp3) is 0.444. The molecule has 0 radical (unpaired) electrons. The second-order valence-electron chi connectivity index (χ2n) is 3.84. The molecule has 1 amide bonds. The number of nitrogens with zero attached hydrogens (tertiary/aromatic N) is 2. The van der Waals surface area contributed by atoms with Gasteiger partial charge in [-0.3, -0.25) is 4.79 Å². The molecule has 1 aromatic rings. The molecule has 0 saturated heterocycles. The van der Waals surface area contributed by atoms with Gasteiger partial charge in [0.15, 0.2) is 10.3 Å². The van der Waals surface area contributed by atoms with Gasteiger partial charge in [0.25, 0.3) is 5.91 Å². The molecule has 1 atom stereocenters. The molecule has 9 heteroatoms. The second-order valence-corrected chi connectivity index (χ2v) is 6.77. The first kappa shape index (κ1) is 15.1. The van der Waals surface area contributed by atoms with Gasteiger partial charge >= 0.3 is 0 Å². The van der Waals surface area contributed by atoms with E-state index in [1.807, 2.05) is 0 Å². The van der Waals surface area contributed by atoms with E-state index >= 15 is 0 Å². The lowest BCUT2D eigenvalue weighted by Crippen LogP contribution is -2.37. The number of amides is 1. The molecule has 1 aromatic heterocycles. The Morgan fingerprint density at radius 3 is 2.61 bits per heavy atom. The Labute approximate surface area is 115 Å². The molecule has 0 aliphatic rings. The van der Waals surface area contributed by atoms with Crippen molar-refractivity contribution in [3.8, 4) is 0 Å². The molecule has 100 valence electrons. The number of aromatic nitrogens is 2. The third kappa shape index (κ3) is 4.75. The zero-order valence-electron chi connectivity index (χ0n) is 9.65. The van der Waals surface area contributed by atoms with Gasteiger partial charge in [0, 0.05) is 12.3 Å². The average molecular weight is 312 g/mol. The van der Waals surface area contributed by atoms with E-state index in [1.165, 1.54) is 6.07 Å². The molecule has 0 aromatic carbocycles. The summed E-state index contributed by atoms with van der Waals surface area (Å²) in [5.74, 6) is -0.712. The van der Waals surface area contributed by atoms with Crippen molar-refractivity contribution in [2.45, 2.75) is 13.0 Å². The van der Waals surface area contributed by atoms with E-state index < -0.39 is 21.8 Å². The van der Waals surface area contributed by atoms with E-state index in [1.54, 1.807) is 6.92 Å². The first-order valence-electron chi connectivity index (χ1n) is 4.86. The Bertz CT molecular complexity index is 562. The van der Waals surface area contributed by atoms with Crippen molar-refractivity contribution in [2.24, 2.45) is 0 Å². The van der Waals surface area contributed by atoms with Gasteiger partial charge in [-0.1, -0.05) is 23.2 Å². The van der Waals surface area contributed by atoms with E-state index in [-0.39, 0.29) is 21.6 Å². The molecule has 6 nitrogen and oxygen atoms in total. The van der Waals surface area contributed by atoms with Crippen LogP contribution in [0.2, 0.25) is 10.3 Å². The van der Waals surface area contributed by atoms with E-state index in [0.717, 1.165) is 6.26 Å². The van der Waals surface area contributed by atoms with Gasteiger partial charge in [0.05, 0.1) is 11.3 Å². The lowest BCUT2D eigenvalue weighted by atomic mass is 10.2. The highest BCUT2D eigenvalue weighted by Crippen LogP contribution is 2.15. The van der Waals surface area contributed by atoms with Crippen LogP contribution >= 0.6 is 23.2 Å². The van der Waals surface area contributed by atoms with Gasteiger partial charge in [0.1, 0.15) is 9.84 Å². The van der Waals surface area contributed by atoms with E-state index in [4.69, 9.17) is 23.2 Å². The van der Waals surface area contributed by atoms with Gasteiger partial charge in [0.2, 0.25) is 0 Å². The Kier molecular flexibility index (Phi) is 4.89. The van der Waals surface area contributed by atoms with Crippen molar-refractivity contribution in [3.05, 3.63) is 21.9 Å². The van der Waals surface area contributed by atoms with Crippen LogP contribution in [-0.4, -0.2) is 42.6 Å². The van der Waals surface area contributed by atoms with Crippen molar-refractivity contribution in [3.63, 3.8) is 0 Å². The van der Waals surface area contributed by atoms with Gasteiger partial charge in [-0.05, 0) is 13.0 Å². The van der Waals surface area contributed by atoms with Crippen LogP contribution in [0.4, 0.5) is 0 Å². The van der Waals surface area contributed by atoms with Crippen LogP contribution in [0.15, 0.2) is 6.07 Å². The molecule has 1 heterocycles. The summed E-state index contributed by atoms with van der Waals surface area (Å²) >= 11 is 11.3. The minimum atomic E-state index is -3.17. The smallest absolute Gasteiger partial charge is 0.254 e. The molecule has 18 heavy (non-hydrogen) atoms. The zero-order chi connectivity index (χ0) is 13.9. The number of carbonyl (C=O) groups excluding carboxylic acids is 1. The number of sulfone groups is 1. The maximum atomic E-state index is 11.8. The summed E-state index contributed by atoms with van der Waals surface area (Å²) in [6.45, 7) is 1.57. The molecule has 1 unspecified atom stereocenters. The summed E-state index contributed by atoms with van der Waals surface area (Å²) < 4.78 is 22.1. The van der Waals surface area contributed by atoms with Crippen molar-refractivity contribution < 1.29 is 13.2 Å². The summed E-state index contributed by atoms with van der Waals surface area (Å²) in [5.41, 5.74) is 0.0528. The predicted molar refractivity (Wildman–Crippen MR) is 68.7 cm³/mol. The number of carbonyl (C=O) groups is 1. The van der Waals surface area contributed by atoms with Crippen LogP contribution in [0, 0.1) is 0 Å². The number of hydrogen-bond donors (Lipinski definition) is 1. The lowest BCUT2D eigenvalue weighted by Gasteiger charge is -2.12. The highest BCUT2D eigenvalue weighted by atomic mass is 35.5. The monoisotopic (exact) mass is 311 g/mol. The molecule has 0 spiro atoms. The van der Waals surface area contributed by atoms with E-state index in [0.29, 0.717) is 0 Å². The van der Waals surface area contributed by atoms with Crippen LogP contribution < -0.4 is 5.32 Å². The SMILES string of the molecule is CC(CS(C)(=O)=O)NC(=O)c1cc(Cl)nnc1Cl. The molecule has 0 bridgehead atoms. The van der Waals surface area contributed by atoms with Crippen LogP contribution in [0.5, 0.6) is 0 Å². The Balaban J connectivity index is 2.80. The molecule has 0 aliphatic carbocycles. The third-order valence-electron chi connectivity index (χ3n) is 1.89. The molecule has 1 rings (SSSR count). The number of hydrogen-bond acceptors (Lipinski definition) is 5. The number of nitrogens with one attached hydrogen (secondary N) is 1. The van der Waals surface area contributed by atoms with Crippen molar-refractivity contribution in [1.82, 2.24) is 15.5 Å². The van der Waals surface area contributed by atoms with Gasteiger partial charge < -0.3 is 5.32 Å². The zero-order valence-corrected chi connectivity index (χ0v) is 12.0. The summed E-state index contributed by atoms with van der Waals surface area (Å²) in [7, 11) is -3.17. The molecule has 0 fully saturated rings. The third-order valence-corrected chi connectivity index (χ3v) is 3.46. The predicted octanol–water partition coefficient (Wildman–Crippen LogP) is 0.946. The normalized spacial score (nSPS) is 13.1. The number of rotatable bonds is 4. The first-order chi connectivity index (χ1) is 8.19. The van der Waals surface area contributed by atoms with E-state index in [2.05, 4.69) is 15.5 Å². The van der Waals surface area contributed by atoms with Gasteiger partial charge in [-0.15, -0.1) is 10.2 Å². The fourth-order valence-corrected chi connectivity index (χ4v) is 2.63. The Morgan fingerprint density at radius 2 is 2.06 bits per heavy atom. The fourth-order valence-electron chi connectivity index (χ4n) is 1.31. The summed E-state index contributed by atoms with van der Waals surface area (Å²) in [6.07, 6.45) is 1.09. The van der Waals surface area contributed by atoms with E-state index in [9.17, 15) is 13.2 Å². The lowest BCUT2D eigenvalue weighted by molar-refractivity contribution is 0.0943. The van der Waals surface area contributed by atoms with Gasteiger partial charge in [-0.25, -0.2) is 8.42 Å². The first-order valence-corrected chi connectivity index (χ1v) is 7.68. The molecule has 0 saturated carbocycles. The maximum absolute atomic E-state index is 11.8. The highest BCUT2D eigenvalue weighted by Gasteiger charge is 2.17. The second kappa shape index (κ2) is 5.81. The molecular formula is C9H11Cl2N3O3S. The van der Waals surface area contributed by atoms with Crippen LogP contribution in [0.25, 0.3) is 0 Å². The van der Waals surface area contributed by atoms with Crippen LogP contribution in [-0.2, 0) is 9.84 Å². The number of halogens is 2. The minimum Gasteiger partial charge on any atom is -0.348 e. The Morgan fingerprint density at radius 1 is 1.44 bits per heavy atom. The standard InChI is InChI=1S/C9H11Cl2N3O3S/c1-5(4-18(2,16)17)12-9(15)6-3-7(10)13-14-8(6)11/h3,5H,4H2,1-2H3,(H,12,15). The minimum absolute atomic E-state index is 0.0281. The summed E-state index contributed by atoms with van der Waals surface area (Å²) in [4.78, 5) is 11.8. The largest absolute Gasteiger partial charge is 0.348 e.